The molecule has 0 bridgehead atoms. The molecule has 6 atom stereocenters. The summed E-state index contributed by atoms with van der Waals surface area (Å²) >= 11 is 0. The first-order chi connectivity index (χ1) is 36.6. The molecule has 11 rings (SSSR count). The minimum Gasteiger partial charge on any atom is -0.502 e. The largest absolute Gasteiger partial charge is 0.502 e. The van der Waals surface area contributed by atoms with Crippen molar-refractivity contribution in [1.82, 2.24) is 14.7 Å². The lowest BCUT2D eigenvalue weighted by atomic mass is 9.73. The van der Waals surface area contributed by atoms with Gasteiger partial charge >= 0.3 is 0 Å². The van der Waals surface area contributed by atoms with Gasteiger partial charge in [-0.3, -0.25) is 14.3 Å². The van der Waals surface area contributed by atoms with Gasteiger partial charge in [0, 0.05) is 17.9 Å². The quantitative estimate of drug-likeness (QED) is 0.132. The second-order valence-electron chi connectivity index (χ2n) is 21.5. The third kappa shape index (κ3) is 15.4. The Hall–Kier alpha value is -6.90. The van der Waals surface area contributed by atoms with Crippen molar-refractivity contribution < 1.29 is 19.8 Å². The highest BCUT2D eigenvalue weighted by atomic mass is 16.3. The van der Waals surface area contributed by atoms with E-state index < -0.39 is 11.2 Å². The van der Waals surface area contributed by atoms with E-state index in [1.54, 1.807) is 4.68 Å². The van der Waals surface area contributed by atoms with Crippen LogP contribution in [0.4, 0.5) is 0 Å². The van der Waals surface area contributed by atoms with E-state index in [2.05, 4.69) is 91.7 Å². The first-order valence-electron chi connectivity index (χ1n) is 27.7. The van der Waals surface area contributed by atoms with Gasteiger partial charge in [-0.25, -0.2) is 0 Å². The molecule has 78 heavy (non-hydrogen) atoms. The van der Waals surface area contributed by atoms with Crippen LogP contribution in [0.5, 0.6) is 5.75 Å². The van der Waals surface area contributed by atoms with E-state index in [0.717, 1.165) is 78.7 Å². The van der Waals surface area contributed by atoms with Gasteiger partial charge in [-0.05, 0) is 90.2 Å². The summed E-state index contributed by atoms with van der Waals surface area (Å²) in [5.74, 6) is 1.20. The molecule has 1 saturated heterocycles. The van der Waals surface area contributed by atoms with Gasteiger partial charge in [-0.15, -0.1) is 0 Å². The number of aromatic nitrogens is 2. The van der Waals surface area contributed by atoms with Crippen molar-refractivity contribution in [3.63, 3.8) is 0 Å². The van der Waals surface area contributed by atoms with Crippen molar-refractivity contribution in [2.24, 2.45) is 17.8 Å². The standard InChI is InChI=1S/C25H25N3O3.C21H26O.C14H12O.C7H14.3CH4/c1-16-9-8-14-19-22(28-23(25(31)27(16)19)24(30)20(29)15-26-28)21(17-10-4-2-5-11-17)18-12-6-3-7-13-18;1-16-9-8-14-19(15-16)21(22)20(17-10-4-2-5-11-17)18-12-6-3-7-13-18;15-11-14(12-7-3-1-4-8-12)13-9-5-2-6-10-13;1-7-5-3-2-4-6-7;;;/h2-7,10-13,15-16,19,21-22,30H,8-9,14H2,1H3;2-7,10-13,16,19-22H,8-9,14-15H2,1H3;1-11,14H;7H,2-6H2,1H3;3*1H4. The molecule has 414 valence electrons. The number of aromatic hydroxyl groups is 1. The summed E-state index contributed by atoms with van der Waals surface area (Å²) in [7, 11) is 0. The Morgan fingerprint density at radius 2 is 0.949 bits per heavy atom. The SMILES string of the molecule is C.C.C.CC1CCCC(C(O)C(c2ccccc2)c2ccccc2)C1.CC1CCCC2C(C(c3ccccc3)c3ccccc3)n3ncc(=O)c(O)c3C(=O)N12.CC1CCCCC1.O=CC(c1ccccc1)c1ccccc1. The summed E-state index contributed by atoms with van der Waals surface area (Å²) in [6.45, 7) is 6.72. The van der Waals surface area contributed by atoms with Crippen LogP contribution in [0.3, 0.4) is 0 Å². The van der Waals surface area contributed by atoms with E-state index in [1.807, 2.05) is 121 Å². The predicted octanol–water partition coefficient (Wildman–Crippen LogP) is 16.2. The van der Waals surface area contributed by atoms with Gasteiger partial charge in [0.25, 0.3) is 5.91 Å². The fourth-order valence-corrected chi connectivity index (χ4v) is 12.3. The van der Waals surface area contributed by atoms with Crippen LogP contribution in [0.1, 0.15) is 188 Å². The number of aliphatic hydroxyl groups is 1. The number of benzene rings is 6. The van der Waals surface area contributed by atoms with Crippen molar-refractivity contribution in [2.45, 2.75) is 162 Å². The molecule has 2 saturated carbocycles. The summed E-state index contributed by atoms with van der Waals surface area (Å²) in [5, 5.41) is 26.2. The zero-order valence-corrected chi connectivity index (χ0v) is 44.2. The molecule has 8 nitrogen and oxygen atoms in total. The number of carbonyl (C=O) groups excluding carboxylic acids is 2. The molecular weight excluding hydrogens is 963 g/mol. The van der Waals surface area contributed by atoms with Crippen molar-refractivity contribution in [3.05, 3.63) is 237 Å². The fraction of sp³-hybridized carbons (Fsp3) is 0.400. The topological polar surface area (TPSA) is 113 Å². The number of rotatable bonds is 10. The van der Waals surface area contributed by atoms with Gasteiger partial charge in [0.1, 0.15) is 6.29 Å². The Balaban J connectivity index is 0.000000209. The number of hydrogen-bond donors (Lipinski definition) is 2. The molecule has 6 aromatic carbocycles. The normalized spacial score (nSPS) is 19.9. The van der Waals surface area contributed by atoms with Gasteiger partial charge in [-0.2, -0.15) is 5.10 Å². The number of amides is 1. The van der Waals surface area contributed by atoms with Gasteiger partial charge in [0.15, 0.2) is 11.4 Å². The first kappa shape index (κ1) is 61.9. The maximum absolute atomic E-state index is 13.4. The second kappa shape index (κ2) is 30.9. The van der Waals surface area contributed by atoms with Crippen LogP contribution in [-0.4, -0.2) is 55.3 Å². The highest BCUT2D eigenvalue weighted by Crippen LogP contribution is 2.46. The molecule has 2 N–H and O–H groups in total. The molecule has 2 aliphatic carbocycles. The van der Waals surface area contributed by atoms with Crippen molar-refractivity contribution >= 4 is 12.2 Å². The van der Waals surface area contributed by atoms with Crippen molar-refractivity contribution in [1.29, 1.82) is 0 Å². The lowest BCUT2D eigenvalue weighted by Gasteiger charge is -2.50. The molecule has 3 fully saturated rings. The van der Waals surface area contributed by atoms with Crippen LogP contribution >= 0.6 is 0 Å². The van der Waals surface area contributed by atoms with Gasteiger partial charge in [0.05, 0.1) is 30.3 Å². The number of carbonyl (C=O) groups is 2. The summed E-state index contributed by atoms with van der Waals surface area (Å²) < 4.78 is 1.61. The Morgan fingerprint density at radius 3 is 1.37 bits per heavy atom. The molecular formula is C70H89N3O5. The van der Waals surface area contributed by atoms with Crippen LogP contribution in [0.2, 0.25) is 0 Å². The Kier molecular flexibility index (Phi) is 24.5. The number of fused-ring (bicyclic) bond motifs is 2. The van der Waals surface area contributed by atoms with E-state index >= 15 is 0 Å². The van der Waals surface area contributed by atoms with E-state index in [9.17, 15) is 24.6 Å². The molecule has 0 radical (unpaired) electrons. The lowest BCUT2D eigenvalue weighted by Crippen LogP contribution is -2.58. The molecule has 3 heterocycles. The van der Waals surface area contributed by atoms with Gasteiger partial charge in [-0.1, -0.05) is 263 Å². The van der Waals surface area contributed by atoms with E-state index in [-0.39, 0.29) is 75.9 Å². The highest BCUT2D eigenvalue weighted by Gasteiger charge is 2.49. The van der Waals surface area contributed by atoms with Crippen molar-refractivity contribution in [3.8, 4) is 5.75 Å². The zero-order valence-electron chi connectivity index (χ0n) is 44.2. The van der Waals surface area contributed by atoms with Crippen LogP contribution in [0.25, 0.3) is 0 Å². The highest BCUT2D eigenvalue weighted by molar-refractivity contribution is 5.96. The third-order valence-corrected chi connectivity index (χ3v) is 16.2. The predicted molar refractivity (Wildman–Crippen MR) is 322 cm³/mol. The van der Waals surface area contributed by atoms with Gasteiger partial charge < -0.3 is 19.9 Å². The molecule has 1 aromatic heterocycles. The minimum absolute atomic E-state index is 0. The summed E-state index contributed by atoms with van der Waals surface area (Å²) in [5.41, 5.74) is 6.11. The summed E-state index contributed by atoms with van der Waals surface area (Å²) in [6, 6.07) is 60.7. The van der Waals surface area contributed by atoms with Gasteiger partial charge in [0.2, 0.25) is 5.43 Å². The molecule has 2 aliphatic heterocycles. The van der Waals surface area contributed by atoms with Crippen LogP contribution in [0.15, 0.2) is 193 Å². The average molecular weight is 1050 g/mol. The molecule has 6 unspecified atom stereocenters. The number of aliphatic hydroxyl groups excluding tert-OH is 1. The second-order valence-corrected chi connectivity index (χ2v) is 21.5. The van der Waals surface area contributed by atoms with E-state index in [0.29, 0.717) is 5.92 Å². The fourth-order valence-electron chi connectivity index (χ4n) is 12.3. The Labute approximate surface area is 467 Å². The van der Waals surface area contributed by atoms with Crippen molar-refractivity contribution in [2.75, 3.05) is 0 Å². The molecule has 7 aromatic rings. The average Bonchev–Trinajstić information content (AvgIpc) is 3.58. The molecule has 8 heteroatoms. The summed E-state index contributed by atoms with van der Waals surface area (Å²) in [4.78, 5) is 38.6. The Morgan fingerprint density at radius 1 is 0.526 bits per heavy atom. The smallest absolute Gasteiger partial charge is 0.276 e. The van der Waals surface area contributed by atoms with E-state index in [1.165, 1.54) is 56.1 Å². The maximum atomic E-state index is 13.4. The van der Waals surface area contributed by atoms with Crippen LogP contribution in [-0.2, 0) is 4.79 Å². The lowest BCUT2D eigenvalue weighted by molar-refractivity contribution is -0.108. The molecule has 1 amide bonds. The van der Waals surface area contributed by atoms with E-state index in [4.69, 9.17) is 0 Å². The van der Waals surface area contributed by atoms with Crippen LogP contribution in [0, 0.1) is 17.8 Å². The Bertz CT molecular complexity index is 2740. The summed E-state index contributed by atoms with van der Waals surface area (Å²) in [6.07, 6.45) is 16.9. The monoisotopic (exact) mass is 1050 g/mol. The maximum Gasteiger partial charge on any atom is 0.276 e. The minimum atomic E-state index is -0.627. The number of hydrogen-bond acceptors (Lipinski definition) is 6. The first-order valence-corrected chi connectivity index (χ1v) is 27.7. The third-order valence-electron chi connectivity index (χ3n) is 16.2. The zero-order chi connectivity index (χ0) is 52.5. The number of nitrogens with zero attached hydrogens (tertiary/aromatic N) is 3. The number of piperidine rings is 1. The molecule has 0 spiro atoms. The van der Waals surface area contributed by atoms with Crippen LogP contribution < -0.4 is 5.43 Å². The number of aldehydes is 1. The molecule has 4 aliphatic rings.